The number of hydrogen-bond donors (Lipinski definition) is 1. The maximum Gasteiger partial charge on any atom is 0.253 e. The highest BCUT2D eigenvalue weighted by Gasteiger charge is 2.11. The smallest absolute Gasteiger partial charge is 0.253 e. The number of anilines is 1. The van der Waals surface area contributed by atoms with Gasteiger partial charge in [-0.15, -0.1) is 0 Å². The van der Waals surface area contributed by atoms with Crippen LogP contribution in [0.4, 0.5) is 5.82 Å². The summed E-state index contributed by atoms with van der Waals surface area (Å²) in [5.74, 6) is 0.147. The number of carbonyl (C=O) groups is 1. The number of benzene rings is 1. The summed E-state index contributed by atoms with van der Waals surface area (Å²) in [5, 5.41) is 8.88. The quantitative estimate of drug-likeness (QED) is 0.914. The number of nitrogens with zero attached hydrogens (tertiary/aromatic N) is 2. The van der Waals surface area contributed by atoms with Crippen LogP contribution in [0.25, 0.3) is 11.1 Å². The Balaban J connectivity index is 2.40. The van der Waals surface area contributed by atoms with Crippen LogP contribution in [0.5, 0.6) is 0 Å². The highest BCUT2D eigenvalue weighted by atomic mass is 16.3. The highest BCUT2D eigenvalue weighted by Crippen LogP contribution is 2.25. The Bertz CT molecular complexity index is 596. The Morgan fingerprint density at radius 2 is 2.05 bits per heavy atom. The maximum absolute atomic E-state index is 11.5. The molecular formula is C15H16N2O2. The molecule has 0 fully saturated rings. The molecule has 0 aliphatic heterocycles. The Morgan fingerprint density at radius 3 is 2.74 bits per heavy atom. The molecule has 0 aliphatic rings. The molecule has 98 valence electrons. The molecule has 1 aromatic heterocycles. The monoisotopic (exact) mass is 256 g/mol. The van der Waals surface area contributed by atoms with Gasteiger partial charge in [-0.3, -0.25) is 9.69 Å². The molecule has 2 aromatic rings. The second-order valence-electron chi connectivity index (χ2n) is 4.33. The average Bonchev–Trinajstić information content (AvgIpc) is 2.46. The van der Waals surface area contributed by atoms with Crippen molar-refractivity contribution in [1.82, 2.24) is 4.98 Å². The first kappa shape index (κ1) is 13.2. The minimum absolute atomic E-state index is 0.380. The molecule has 1 amide bonds. The summed E-state index contributed by atoms with van der Waals surface area (Å²) in [7, 11) is 1.60. The van der Waals surface area contributed by atoms with Gasteiger partial charge < -0.3 is 5.11 Å². The molecule has 1 heterocycles. The molecule has 0 unspecified atom stereocenters. The van der Waals surface area contributed by atoms with Gasteiger partial charge in [0.1, 0.15) is 12.4 Å². The van der Waals surface area contributed by atoms with E-state index in [1.54, 1.807) is 13.2 Å². The largest absolute Gasteiger partial charge is 0.387 e. The summed E-state index contributed by atoms with van der Waals surface area (Å²) in [4.78, 5) is 17.0. The fraction of sp³-hybridized carbons (Fsp3) is 0.200. The van der Waals surface area contributed by atoms with Crippen LogP contribution in [0, 0.1) is 6.92 Å². The number of pyridine rings is 1. The van der Waals surface area contributed by atoms with E-state index in [9.17, 15) is 4.79 Å². The first-order valence-corrected chi connectivity index (χ1v) is 6.03. The fourth-order valence-corrected chi connectivity index (χ4v) is 1.90. The van der Waals surface area contributed by atoms with Gasteiger partial charge in [0.2, 0.25) is 0 Å². The number of aliphatic hydroxyl groups excluding tert-OH is 1. The van der Waals surface area contributed by atoms with Crippen LogP contribution in [-0.2, 0) is 4.79 Å². The topological polar surface area (TPSA) is 53.4 Å². The van der Waals surface area contributed by atoms with Crippen molar-refractivity contribution in [2.24, 2.45) is 0 Å². The van der Waals surface area contributed by atoms with E-state index in [0.717, 1.165) is 16.7 Å². The van der Waals surface area contributed by atoms with Crippen LogP contribution < -0.4 is 4.90 Å². The van der Waals surface area contributed by atoms with Gasteiger partial charge in [-0.25, -0.2) is 4.98 Å². The summed E-state index contributed by atoms with van der Waals surface area (Å²) in [6, 6.07) is 11.8. The molecule has 0 aliphatic carbocycles. The standard InChI is InChI=1S/C15H16N2O2/c1-11-5-3-4-6-13(11)12-7-8-16-14(9-12)17(2)15(19)10-18/h3-9,18H,10H2,1-2H3. The average molecular weight is 256 g/mol. The van der Waals surface area contributed by atoms with Crippen molar-refractivity contribution >= 4 is 11.7 Å². The third-order valence-corrected chi connectivity index (χ3v) is 3.05. The van der Waals surface area contributed by atoms with E-state index in [4.69, 9.17) is 5.11 Å². The van der Waals surface area contributed by atoms with Crippen molar-refractivity contribution in [1.29, 1.82) is 0 Å². The van der Waals surface area contributed by atoms with Gasteiger partial charge in [-0.1, -0.05) is 24.3 Å². The van der Waals surface area contributed by atoms with Crippen LogP contribution in [0.3, 0.4) is 0 Å². The zero-order chi connectivity index (χ0) is 13.8. The van der Waals surface area contributed by atoms with Crippen LogP contribution in [0.15, 0.2) is 42.6 Å². The van der Waals surface area contributed by atoms with Gasteiger partial charge in [-0.05, 0) is 35.7 Å². The fourth-order valence-electron chi connectivity index (χ4n) is 1.90. The lowest BCUT2D eigenvalue weighted by molar-refractivity contribution is -0.121. The lowest BCUT2D eigenvalue weighted by Gasteiger charge is -2.16. The van der Waals surface area contributed by atoms with Crippen molar-refractivity contribution in [3.63, 3.8) is 0 Å². The molecule has 0 saturated heterocycles. The van der Waals surface area contributed by atoms with Crippen LogP contribution in [0.2, 0.25) is 0 Å². The van der Waals surface area contributed by atoms with Crippen molar-refractivity contribution < 1.29 is 9.90 Å². The second kappa shape index (κ2) is 5.63. The maximum atomic E-state index is 11.5. The number of carbonyl (C=O) groups excluding carboxylic acids is 1. The number of aryl methyl sites for hydroxylation is 1. The Labute approximate surface area is 112 Å². The van der Waals surface area contributed by atoms with Gasteiger partial charge in [0.25, 0.3) is 5.91 Å². The molecule has 4 heteroatoms. The SMILES string of the molecule is Cc1ccccc1-c1ccnc(N(C)C(=O)CO)c1. The zero-order valence-electron chi connectivity index (χ0n) is 11.0. The molecule has 0 spiro atoms. The number of hydrogen-bond acceptors (Lipinski definition) is 3. The van der Waals surface area contributed by atoms with Crippen LogP contribution in [0.1, 0.15) is 5.56 Å². The normalized spacial score (nSPS) is 10.3. The summed E-state index contributed by atoms with van der Waals surface area (Å²) >= 11 is 0. The van der Waals surface area contributed by atoms with Gasteiger partial charge in [-0.2, -0.15) is 0 Å². The van der Waals surface area contributed by atoms with Gasteiger partial charge in [0.15, 0.2) is 0 Å². The van der Waals surface area contributed by atoms with Crippen molar-refractivity contribution in [3.05, 3.63) is 48.2 Å². The summed E-state index contributed by atoms with van der Waals surface area (Å²) in [6.07, 6.45) is 1.66. The summed E-state index contributed by atoms with van der Waals surface area (Å²) < 4.78 is 0. The first-order chi connectivity index (χ1) is 9.13. The number of amides is 1. The summed E-state index contributed by atoms with van der Waals surface area (Å²) in [5.41, 5.74) is 3.27. The number of rotatable bonds is 3. The molecule has 19 heavy (non-hydrogen) atoms. The predicted octanol–water partition coefficient (Wildman–Crippen LogP) is 2.01. The molecule has 2 rings (SSSR count). The van der Waals surface area contributed by atoms with Crippen molar-refractivity contribution in [2.45, 2.75) is 6.92 Å². The molecule has 1 aromatic carbocycles. The lowest BCUT2D eigenvalue weighted by Crippen LogP contribution is -2.29. The van der Waals surface area contributed by atoms with Gasteiger partial charge in [0, 0.05) is 13.2 Å². The Hall–Kier alpha value is -2.20. The molecule has 0 radical (unpaired) electrons. The van der Waals surface area contributed by atoms with Crippen molar-refractivity contribution in [3.8, 4) is 11.1 Å². The highest BCUT2D eigenvalue weighted by molar-refractivity contribution is 5.93. The van der Waals surface area contributed by atoms with Gasteiger partial charge in [0.05, 0.1) is 0 Å². The number of aliphatic hydroxyl groups is 1. The van der Waals surface area contributed by atoms with E-state index in [-0.39, 0.29) is 5.91 Å². The van der Waals surface area contributed by atoms with Crippen LogP contribution >= 0.6 is 0 Å². The summed E-state index contributed by atoms with van der Waals surface area (Å²) in [6.45, 7) is 1.52. The van der Waals surface area contributed by atoms with E-state index < -0.39 is 6.61 Å². The third kappa shape index (κ3) is 2.80. The number of likely N-dealkylation sites (N-methyl/N-ethyl adjacent to an activating group) is 1. The van der Waals surface area contributed by atoms with Crippen molar-refractivity contribution in [2.75, 3.05) is 18.6 Å². The minimum Gasteiger partial charge on any atom is -0.387 e. The van der Waals surface area contributed by atoms with E-state index in [1.165, 1.54) is 4.90 Å². The predicted molar refractivity (Wildman–Crippen MR) is 74.9 cm³/mol. The molecule has 0 saturated carbocycles. The van der Waals surface area contributed by atoms with E-state index in [2.05, 4.69) is 4.98 Å². The first-order valence-electron chi connectivity index (χ1n) is 6.03. The van der Waals surface area contributed by atoms with Crippen LogP contribution in [-0.4, -0.2) is 29.7 Å². The van der Waals surface area contributed by atoms with E-state index in [0.29, 0.717) is 5.82 Å². The Morgan fingerprint density at radius 1 is 1.32 bits per heavy atom. The Kier molecular flexibility index (Phi) is 3.92. The molecule has 0 bridgehead atoms. The third-order valence-electron chi connectivity index (χ3n) is 3.05. The molecule has 4 nitrogen and oxygen atoms in total. The van der Waals surface area contributed by atoms with E-state index >= 15 is 0 Å². The number of aromatic nitrogens is 1. The second-order valence-corrected chi connectivity index (χ2v) is 4.33. The van der Waals surface area contributed by atoms with Gasteiger partial charge >= 0.3 is 0 Å². The molecular weight excluding hydrogens is 240 g/mol. The molecule has 0 atom stereocenters. The molecule has 1 N–H and O–H groups in total. The zero-order valence-corrected chi connectivity index (χ0v) is 11.0. The lowest BCUT2D eigenvalue weighted by atomic mass is 10.0. The minimum atomic E-state index is -0.521. The van der Waals surface area contributed by atoms with E-state index in [1.807, 2.05) is 43.3 Å².